The number of halogens is 3. The van der Waals surface area contributed by atoms with Crippen molar-refractivity contribution in [2.45, 2.75) is 18.6 Å². The number of guanidine groups is 2. The standard InChI is InChI=1S/C30H23Cl2N5O.ClH/c1-19-12-15-23(16-13-19)36-27(38)30(20-8-4-2-5-9-20,21-10-6-3-7-11-21)37-26(34-28(33)35-29(36)37)24-17-14-22(31)18-25(24)32;/h2-18,26H,1H3,(H2,33,34);1H. The van der Waals surface area contributed by atoms with E-state index in [1.165, 1.54) is 0 Å². The Morgan fingerprint density at radius 2 is 1.44 bits per heavy atom. The van der Waals surface area contributed by atoms with E-state index in [1.54, 1.807) is 17.0 Å². The third kappa shape index (κ3) is 4.25. The minimum atomic E-state index is -1.32. The van der Waals surface area contributed by atoms with Crippen molar-refractivity contribution in [1.82, 2.24) is 4.90 Å². The molecule has 0 aliphatic carbocycles. The third-order valence-electron chi connectivity index (χ3n) is 6.92. The third-order valence-corrected chi connectivity index (χ3v) is 7.48. The Hall–Kier alpha value is -3.84. The van der Waals surface area contributed by atoms with Crippen LogP contribution in [0.5, 0.6) is 0 Å². The fraction of sp³-hybridized carbons (Fsp3) is 0.100. The molecular weight excluding hydrogens is 553 g/mol. The monoisotopic (exact) mass is 575 g/mol. The van der Waals surface area contributed by atoms with Crippen LogP contribution in [0.1, 0.15) is 28.4 Å². The van der Waals surface area contributed by atoms with Gasteiger partial charge >= 0.3 is 0 Å². The number of hydrogen-bond donors (Lipinski definition) is 1. The maximum atomic E-state index is 15.0. The van der Waals surface area contributed by atoms with Crippen molar-refractivity contribution >= 4 is 59.1 Å². The largest absolute Gasteiger partial charge is 0.368 e. The first-order chi connectivity index (χ1) is 18.4. The molecule has 0 saturated carbocycles. The number of aryl methyl sites for hydroxylation is 1. The molecule has 2 aliphatic heterocycles. The van der Waals surface area contributed by atoms with Gasteiger partial charge in [0.15, 0.2) is 11.7 Å². The highest BCUT2D eigenvalue weighted by Gasteiger charge is 2.62. The molecule has 1 amide bonds. The zero-order chi connectivity index (χ0) is 26.4. The van der Waals surface area contributed by atoms with Gasteiger partial charge in [0.25, 0.3) is 5.91 Å². The number of nitrogens with two attached hydrogens (primary N) is 1. The van der Waals surface area contributed by atoms with Crippen LogP contribution in [0.3, 0.4) is 0 Å². The molecule has 0 aromatic heterocycles. The SMILES string of the molecule is Cc1ccc(N2C(=O)C(c3ccccc3)(c3ccccc3)N3C2=NC(N)=NC3c2ccc(Cl)cc2Cl)cc1.Cl. The molecule has 1 saturated heterocycles. The summed E-state index contributed by atoms with van der Waals surface area (Å²) in [6.07, 6.45) is -0.757. The maximum absolute atomic E-state index is 15.0. The van der Waals surface area contributed by atoms with Gasteiger partial charge in [-0.15, -0.1) is 12.4 Å². The van der Waals surface area contributed by atoms with E-state index in [-0.39, 0.29) is 24.3 Å². The smallest absolute Gasteiger partial charge is 0.269 e. The molecule has 6 rings (SSSR count). The normalized spacial score (nSPS) is 17.7. The Bertz CT molecular complexity index is 1550. The fourth-order valence-electron chi connectivity index (χ4n) is 5.22. The summed E-state index contributed by atoms with van der Waals surface area (Å²) in [5.41, 5.74) is 8.93. The molecule has 0 radical (unpaired) electrons. The average Bonchev–Trinajstić information content (AvgIpc) is 3.18. The van der Waals surface area contributed by atoms with Crippen molar-refractivity contribution in [1.29, 1.82) is 0 Å². The quantitative estimate of drug-likeness (QED) is 0.294. The molecule has 1 fully saturated rings. The number of carbonyl (C=O) groups is 1. The number of aliphatic imine (C=N–C) groups is 2. The molecule has 2 heterocycles. The summed E-state index contributed by atoms with van der Waals surface area (Å²) in [6.45, 7) is 2.00. The Labute approximate surface area is 242 Å². The molecule has 0 bridgehead atoms. The summed E-state index contributed by atoms with van der Waals surface area (Å²) >= 11 is 13.0. The van der Waals surface area contributed by atoms with E-state index in [1.807, 2.05) is 103 Å². The molecule has 39 heavy (non-hydrogen) atoms. The van der Waals surface area contributed by atoms with Gasteiger partial charge in [0, 0.05) is 15.6 Å². The van der Waals surface area contributed by atoms with E-state index >= 15 is 0 Å². The Morgan fingerprint density at radius 3 is 2.00 bits per heavy atom. The molecule has 9 heteroatoms. The van der Waals surface area contributed by atoms with Gasteiger partial charge in [-0.05, 0) is 42.3 Å². The topological polar surface area (TPSA) is 74.3 Å². The minimum Gasteiger partial charge on any atom is -0.368 e. The molecule has 196 valence electrons. The van der Waals surface area contributed by atoms with Crippen LogP contribution in [-0.2, 0) is 10.3 Å². The van der Waals surface area contributed by atoms with Gasteiger partial charge < -0.3 is 5.73 Å². The van der Waals surface area contributed by atoms with Crippen molar-refractivity contribution in [3.8, 4) is 0 Å². The second-order valence-corrected chi connectivity index (χ2v) is 10.1. The van der Waals surface area contributed by atoms with Crippen LogP contribution >= 0.6 is 35.6 Å². The van der Waals surface area contributed by atoms with Crippen LogP contribution in [-0.4, -0.2) is 22.7 Å². The number of nitrogens with zero attached hydrogens (tertiary/aromatic N) is 4. The van der Waals surface area contributed by atoms with E-state index in [2.05, 4.69) is 4.99 Å². The zero-order valence-electron chi connectivity index (χ0n) is 20.8. The number of benzene rings is 4. The van der Waals surface area contributed by atoms with E-state index in [9.17, 15) is 4.79 Å². The molecule has 1 unspecified atom stereocenters. The number of rotatable bonds is 4. The lowest BCUT2D eigenvalue weighted by molar-refractivity contribution is -0.124. The fourth-order valence-corrected chi connectivity index (χ4v) is 5.73. The Balaban J connectivity index is 0.00000308. The average molecular weight is 577 g/mol. The first-order valence-corrected chi connectivity index (χ1v) is 12.9. The maximum Gasteiger partial charge on any atom is 0.269 e. The van der Waals surface area contributed by atoms with Gasteiger partial charge in [0.1, 0.15) is 0 Å². The van der Waals surface area contributed by atoms with Gasteiger partial charge in [-0.1, -0.05) is 108 Å². The Morgan fingerprint density at radius 1 is 0.846 bits per heavy atom. The molecule has 4 aromatic carbocycles. The van der Waals surface area contributed by atoms with Crippen LogP contribution in [0.15, 0.2) is 113 Å². The summed E-state index contributed by atoms with van der Waals surface area (Å²) in [5, 5.41) is 0.910. The lowest BCUT2D eigenvalue weighted by atomic mass is 9.80. The van der Waals surface area contributed by atoms with Crippen LogP contribution in [0.4, 0.5) is 5.69 Å². The number of anilines is 1. The zero-order valence-corrected chi connectivity index (χ0v) is 23.2. The predicted molar refractivity (Wildman–Crippen MR) is 160 cm³/mol. The van der Waals surface area contributed by atoms with Crippen molar-refractivity contribution < 1.29 is 4.79 Å². The molecule has 2 aliphatic rings. The van der Waals surface area contributed by atoms with Crippen molar-refractivity contribution in [3.05, 3.63) is 135 Å². The van der Waals surface area contributed by atoms with Crippen LogP contribution in [0, 0.1) is 6.92 Å². The summed E-state index contributed by atoms with van der Waals surface area (Å²) in [4.78, 5) is 27.9. The molecule has 1 atom stereocenters. The predicted octanol–water partition coefficient (Wildman–Crippen LogP) is 6.70. The lowest BCUT2D eigenvalue weighted by Crippen LogP contribution is -2.51. The van der Waals surface area contributed by atoms with Gasteiger partial charge in [-0.25, -0.2) is 9.89 Å². The van der Waals surface area contributed by atoms with Crippen LogP contribution in [0.25, 0.3) is 0 Å². The van der Waals surface area contributed by atoms with E-state index in [4.69, 9.17) is 33.9 Å². The summed E-state index contributed by atoms with van der Waals surface area (Å²) in [5.74, 6) is 0.224. The molecule has 0 spiro atoms. The van der Waals surface area contributed by atoms with Gasteiger partial charge in [-0.3, -0.25) is 9.69 Å². The van der Waals surface area contributed by atoms with Crippen LogP contribution in [0.2, 0.25) is 10.0 Å². The minimum absolute atomic E-state index is 0. The van der Waals surface area contributed by atoms with E-state index < -0.39 is 11.7 Å². The Kier molecular flexibility index (Phi) is 7.12. The number of amides is 1. The van der Waals surface area contributed by atoms with Crippen LogP contribution < -0.4 is 10.6 Å². The van der Waals surface area contributed by atoms with E-state index in [0.717, 1.165) is 16.7 Å². The molecule has 4 aromatic rings. The number of carbonyl (C=O) groups excluding carboxylic acids is 1. The summed E-state index contributed by atoms with van der Waals surface area (Å²) < 4.78 is 0. The summed E-state index contributed by atoms with van der Waals surface area (Å²) in [7, 11) is 0. The highest BCUT2D eigenvalue weighted by atomic mass is 35.5. The molecule has 2 N–H and O–H groups in total. The van der Waals surface area contributed by atoms with E-state index in [0.29, 0.717) is 27.3 Å². The number of fused-ring (bicyclic) bond motifs is 1. The van der Waals surface area contributed by atoms with Crippen molar-refractivity contribution in [2.75, 3.05) is 4.90 Å². The van der Waals surface area contributed by atoms with Crippen molar-refractivity contribution in [3.63, 3.8) is 0 Å². The first kappa shape index (κ1) is 26.8. The second kappa shape index (κ2) is 10.4. The van der Waals surface area contributed by atoms with Gasteiger partial charge in [-0.2, -0.15) is 4.99 Å². The first-order valence-electron chi connectivity index (χ1n) is 12.1. The van der Waals surface area contributed by atoms with Gasteiger partial charge in [0.2, 0.25) is 11.9 Å². The second-order valence-electron chi connectivity index (χ2n) is 9.23. The van der Waals surface area contributed by atoms with Gasteiger partial charge in [0.05, 0.1) is 5.69 Å². The van der Waals surface area contributed by atoms with Crippen molar-refractivity contribution in [2.24, 2.45) is 15.7 Å². The lowest BCUT2D eigenvalue weighted by Gasteiger charge is -2.42. The summed E-state index contributed by atoms with van der Waals surface area (Å²) in [6, 6.07) is 32.3. The molecular formula is C30H24Cl3N5O. The molecule has 6 nitrogen and oxygen atoms in total. The highest BCUT2D eigenvalue weighted by molar-refractivity contribution is 6.35. The number of hydrogen-bond acceptors (Lipinski definition) is 5. The highest BCUT2D eigenvalue weighted by Crippen LogP contribution is 2.51.